The first-order valence-corrected chi connectivity index (χ1v) is 4.85. The molecule has 1 amide bonds. The lowest BCUT2D eigenvalue weighted by Gasteiger charge is -2.01. The highest BCUT2D eigenvalue weighted by atomic mass is 32.1. The quantitative estimate of drug-likeness (QED) is 0.787. The van der Waals surface area contributed by atoms with E-state index in [2.05, 4.69) is 23.3 Å². The lowest BCUT2D eigenvalue weighted by atomic mass is 10.1. The maximum absolute atomic E-state index is 13.0. The molecule has 1 rings (SSSR count). The number of carbonyl (C=O) groups excluding carboxylic acids is 1. The van der Waals surface area contributed by atoms with Crippen molar-refractivity contribution in [3.8, 4) is 0 Å². The van der Waals surface area contributed by atoms with Crippen molar-refractivity contribution < 1.29 is 13.6 Å². The molecule has 0 atom stereocenters. The van der Waals surface area contributed by atoms with Crippen LogP contribution in [0.4, 0.5) is 8.78 Å². The molecule has 0 unspecified atom stereocenters. The number of rotatable bonds is 3. The van der Waals surface area contributed by atoms with Gasteiger partial charge in [-0.3, -0.25) is 4.79 Å². The van der Waals surface area contributed by atoms with Crippen LogP contribution in [-0.2, 0) is 11.2 Å². The minimum absolute atomic E-state index is 0.140. The molecule has 0 saturated carbocycles. The fourth-order valence-corrected chi connectivity index (χ4v) is 1.09. The second kappa shape index (κ2) is 7.84. The Hall–Kier alpha value is -1.40. The van der Waals surface area contributed by atoms with E-state index in [0.29, 0.717) is 0 Å². The van der Waals surface area contributed by atoms with Crippen LogP contribution in [0.2, 0.25) is 0 Å². The smallest absolute Gasteiger partial charge is 0.229 e. The number of thiocarbonyl (C=S) groups is 1. The molecular weight excluding hydrogens is 234 g/mol. The number of nitrogens with two attached hydrogens (primary N) is 1. The zero-order valence-corrected chi connectivity index (χ0v) is 9.48. The molecule has 0 heterocycles. The van der Waals surface area contributed by atoms with Gasteiger partial charge in [0, 0.05) is 6.07 Å². The van der Waals surface area contributed by atoms with E-state index < -0.39 is 17.5 Å². The average Bonchev–Trinajstić information content (AvgIpc) is 2.26. The summed E-state index contributed by atoms with van der Waals surface area (Å²) in [6.45, 7) is 0. The van der Waals surface area contributed by atoms with Crippen LogP contribution < -0.4 is 11.1 Å². The monoisotopic (exact) mass is 246 g/mol. The van der Waals surface area contributed by atoms with Crippen molar-refractivity contribution in [3.05, 3.63) is 35.4 Å². The fourth-order valence-electron chi connectivity index (χ4n) is 0.955. The first kappa shape index (κ1) is 14.6. The summed E-state index contributed by atoms with van der Waals surface area (Å²) >= 11 is 4.39. The van der Waals surface area contributed by atoms with Gasteiger partial charge in [0.05, 0.1) is 11.9 Å². The van der Waals surface area contributed by atoms with E-state index in [0.717, 1.165) is 17.6 Å². The zero-order chi connectivity index (χ0) is 12.6. The van der Waals surface area contributed by atoms with Crippen LogP contribution in [0.1, 0.15) is 5.56 Å². The number of amides is 1. The average molecular weight is 246 g/mol. The Balaban J connectivity index is 0.00000106. The summed E-state index contributed by atoms with van der Waals surface area (Å²) in [7, 11) is 1.50. The molecule has 0 aliphatic rings. The van der Waals surface area contributed by atoms with Crippen molar-refractivity contribution in [2.45, 2.75) is 6.42 Å². The van der Waals surface area contributed by atoms with E-state index >= 15 is 0 Å². The van der Waals surface area contributed by atoms with Gasteiger partial charge in [0.1, 0.15) is 11.6 Å². The normalized spacial score (nSPS) is 8.75. The number of hydrogen-bond donors (Lipinski definition) is 2. The maximum atomic E-state index is 13.0. The molecule has 0 aliphatic carbocycles. The largest absolute Gasteiger partial charge is 0.333 e. The van der Waals surface area contributed by atoms with E-state index in [4.69, 9.17) is 0 Å². The Bertz CT molecular complexity index is 372. The van der Waals surface area contributed by atoms with Crippen LogP contribution in [0.15, 0.2) is 18.2 Å². The van der Waals surface area contributed by atoms with Gasteiger partial charge < -0.3 is 11.1 Å². The van der Waals surface area contributed by atoms with Gasteiger partial charge in [-0.05, 0) is 18.7 Å². The van der Waals surface area contributed by atoms with E-state index in [1.165, 1.54) is 13.1 Å². The molecule has 88 valence electrons. The number of carbonyl (C=O) groups is 1. The third-order valence-electron chi connectivity index (χ3n) is 1.59. The number of nitrogens with one attached hydrogen (secondary N) is 1. The summed E-state index contributed by atoms with van der Waals surface area (Å²) in [6, 6.07) is 3.07. The summed E-state index contributed by atoms with van der Waals surface area (Å²) in [4.78, 5) is 11.0. The molecule has 16 heavy (non-hydrogen) atoms. The highest BCUT2D eigenvalue weighted by Gasteiger charge is 2.07. The van der Waals surface area contributed by atoms with Crippen LogP contribution in [0.5, 0.6) is 0 Å². The molecule has 3 N–H and O–H groups in total. The van der Waals surface area contributed by atoms with Crippen molar-refractivity contribution in [3.63, 3.8) is 0 Å². The summed E-state index contributed by atoms with van der Waals surface area (Å²) in [6.07, 6.45) is -0.154. The van der Waals surface area contributed by atoms with E-state index in [-0.39, 0.29) is 12.0 Å². The highest BCUT2D eigenvalue weighted by molar-refractivity contribution is 7.78. The number of hydrogen-bond acceptors (Lipinski definition) is 3. The lowest BCUT2D eigenvalue weighted by Crippen LogP contribution is -2.22. The van der Waals surface area contributed by atoms with E-state index in [1.807, 2.05) is 0 Å². The minimum Gasteiger partial charge on any atom is -0.333 e. The van der Waals surface area contributed by atoms with Gasteiger partial charge in [-0.2, -0.15) is 0 Å². The van der Waals surface area contributed by atoms with Crippen molar-refractivity contribution in [1.29, 1.82) is 0 Å². The first-order valence-electron chi connectivity index (χ1n) is 4.38. The Morgan fingerprint density at radius 2 is 2.12 bits per heavy atom. The molecular formula is C10H12F2N2OS. The third kappa shape index (κ3) is 4.90. The maximum Gasteiger partial charge on any atom is 0.229 e. The van der Waals surface area contributed by atoms with Gasteiger partial charge in [-0.15, -0.1) is 0 Å². The molecule has 1 aromatic rings. The SMILES string of the molecule is CN.O=C(Cc1ccc(F)cc1F)NC=S. The van der Waals surface area contributed by atoms with Crippen LogP contribution in [0.3, 0.4) is 0 Å². The van der Waals surface area contributed by atoms with Gasteiger partial charge in [0.15, 0.2) is 0 Å². The molecule has 0 aromatic heterocycles. The van der Waals surface area contributed by atoms with Crippen LogP contribution in [0.25, 0.3) is 0 Å². The minimum atomic E-state index is -0.732. The summed E-state index contributed by atoms with van der Waals surface area (Å²) in [5, 5.41) is 2.23. The van der Waals surface area contributed by atoms with Crippen LogP contribution >= 0.6 is 12.2 Å². The van der Waals surface area contributed by atoms with Gasteiger partial charge in [-0.25, -0.2) is 8.78 Å². The van der Waals surface area contributed by atoms with Crippen molar-refractivity contribution >= 4 is 23.6 Å². The molecule has 1 aromatic carbocycles. The highest BCUT2D eigenvalue weighted by Crippen LogP contribution is 2.09. The van der Waals surface area contributed by atoms with Crippen molar-refractivity contribution in [2.24, 2.45) is 5.73 Å². The molecule has 0 bridgehead atoms. The predicted octanol–water partition coefficient (Wildman–Crippen LogP) is 1.16. The Morgan fingerprint density at radius 1 is 1.50 bits per heavy atom. The molecule has 6 heteroatoms. The molecule has 0 radical (unpaired) electrons. The second-order valence-electron chi connectivity index (χ2n) is 2.60. The van der Waals surface area contributed by atoms with Gasteiger partial charge in [0.25, 0.3) is 0 Å². The Kier molecular flexibility index (Phi) is 7.15. The second-order valence-corrected chi connectivity index (χ2v) is 2.83. The van der Waals surface area contributed by atoms with E-state index in [1.54, 1.807) is 0 Å². The topological polar surface area (TPSA) is 55.1 Å². The van der Waals surface area contributed by atoms with Crippen molar-refractivity contribution in [2.75, 3.05) is 7.05 Å². The summed E-state index contributed by atoms with van der Waals surface area (Å²) in [5.41, 5.74) is 5.68. The van der Waals surface area contributed by atoms with Crippen molar-refractivity contribution in [1.82, 2.24) is 5.32 Å². The number of benzene rings is 1. The van der Waals surface area contributed by atoms with Crippen LogP contribution in [0, 0.1) is 11.6 Å². The Labute approximate surface area is 97.6 Å². The van der Waals surface area contributed by atoms with Crippen LogP contribution in [-0.4, -0.2) is 18.4 Å². The molecule has 0 aliphatic heterocycles. The predicted molar refractivity (Wildman–Crippen MR) is 62.0 cm³/mol. The van der Waals surface area contributed by atoms with Gasteiger partial charge in [-0.1, -0.05) is 18.3 Å². The lowest BCUT2D eigenvalue weighted by molar-refractivity contribution is -0.118. The van der Waals surface area contributed by atoms with E-state index in [9.17, 15) is 13.6 Å². The molecule has 0 fully saturated rings. The third-order valence-corrected chi connectivity index (χ3v) is 1.70. The summed E-state index contributed by atoms with van der Waals surface area (Å²) < 4.78 is 25.5. The standard InChI is InChI=1S/C9H7F2NOS.CH5N/c10-7-2-1-6(8(11)4-7)3-9(13)12-5-14;1-2/h1-2,4-5H,3H2,(H,12,13,14);2H2,1H3. The van der Waals surface area contributed by atoms with Gasteiger partial charge >= 0.3 is 0 Å². The molecule has 3 nitrogen and oxygen atoms in total. The Morgan fingerprint density at radius 3 is 2.62 bits per heavy atom. The molecule has 0 spiro atoms. The number of halogens is 2. The zero-order valence-electron chi connectivity index (χ0n) is 8.67. The fraction of sp³-hybridized carbons (Fsp3) is 0.200. The first-order chi connectivity index (χ1) is 7.63. The van der Waals surface area contributed by atoms with Gasteiger partial charge in [0.2, 0.25) is 5.91 Å². The molecule has 0 saturated heterocycles. The summed E-state index contributed by atoms with van der Waals surface area (Å²) in [5.74, 6) is -1.82.